The summed E-state index contributed by atoms with van der Waals surface area (Å²) in [6.07, 6.45) is 1.54. The largest absolute Gasteiger partial charge is 0.377 e. The van der Waals surface area contributed by atoms with Crippen LogP contribution in [0.5, 0.6) is 0 Å². The molecule has 0 bridgehead atoms. The van der Waals surface area contributed by atoms with Crippen molar-refractivity contribution in [2.45, 2.75) is 70.4 Å². The summed E-state index contributed by atoms with van der Waals surface area (Å²) in [6.45, 7) is 11.1. The molecule has 7 heteroatoms. The summed E-state index contributed by atoms with van der Waals surface area (Å²) in [5.74, 6) is 0. The lowest BCUT2D eigenvalue weighted by Gasteiger charge is -2.25. The summed E-state index contributed by atoms with van der Waals surface area (Å²) in [5.41, 5.74) is 4.05. The monoisotopic (exact) mass is 482 g/mol. The number of ether oxygens (including phenoxy) is 1. The van der Waals surface area contributed by atoms with Gasteiger partial charge in [-0.2, -0.15) is 4.31 Å². The zero-order valence-corrected chi connectivity index (χ0v) is 21.5. The van der Waals surface area contributed by atoms with Crippen LogP contribution in [0.1, 0.15) is 55.9 Å². The molecule has 0 unspecified atom stereocenters. The van der Waals surface area contributed by atoms with Gasteiger partial charge in [0.1, 0.15) is 0 Å². The van der Waals surface area contributed by atoms with E-state index in [1.807, 2.05) is 38.1 Å². The molecule has 1 N–H and O–H groups in total. The van der Waals surface area contributed by atoms with Crippen LogP contribution in [0.3, 0.4) is 0 Å². The number of aromatic nitrogens is 1. The van der Waals surface area contributed by atoms with Crippen molar-refractivity contribution in [2.24, 2.45) is 0 Å². The molecule has 0 radical (unpaired) electrons. The number of benzene rings is 2. The highest BCUT2D eigenvalue weighted by atomic mass is 32.2. The third kappa shape index (κ3) is 4.97. The molecule has 182 valence electrons. The van der Waals surface area contributed by atoms with Crippen LogP contribution in [0, 0.1) is 13.8 Å². The van der Waals surface area contributed by atoms with Crippen molar-refractivity contribution in [3.8, 4) is 0 Å². The fourth-order valence-corrected chi connectivity index (χ4v) is 5.87. The Hall–Kier alpha value is -2.48. The number of hydrogen-bond acceptors (Lipinski definition) is 4. The predicted octanol–water partition coefficient (Wildman–Crippen LogP) is 4.81. The maximum atomic E-state index is 13.7. The molecule has 0 saturated carbocycles. The predicted molar refractivity (Wildman–Crippen MR) is 136 cm³/mol. The maximum absolute atomic E-state index is 13.7. The number of rotatable bonds is 6. The van der Waals surface area contributed by atoms with E-state index < -0.39 is 10.0 Å². The molecule has 2 heterocycles. The van der Waals surface area contributed by atoms with E-state index in [0.717, 1.165) is 40.4 Å². The van der Waals surface area contributed by atoms with Crippen molar-refractivity contribution < 1.29 is 13.2 Å². The molecule has 1 aliphatic heterocycles. The molecule has 1 aliphatic rings. The molecule has 1 fully saturated rings. The second-order valence-electron chi connectivity index (χ2n) is 10.3. The first kappa shape index (κ1) is 24.6. The summed E-state index contributed by atoms with van der Waals surface area (Å²) in [4.78, 5) is 16.2. The van der Waals surface area contributed by atoms with E-state index in [4.69, 9.17) is 4.74 Å². The highest BCUT2D eigenvalue weighted by molar-refractivity contribution is 7.89. The van der Waals surface area contributed by atoms with Crippen LogP contribution < -0.4 is 5.56 Å². The molecular weight excluding hydrogens is 448 g/mol. The van der Waals surface area contributed by atoms with Gasteiger partial charge < -0.3 is 9.72 Å². The van der Waals surface area contributed by atoms with Crippen LogP contribution in [-0.2, 0) is 26.7 Å². The van der Waals surface area contributed by atoms with Gasteiger partial charge in [-0.15, -0.1) is 0 Å². The first-order valence-electron chi connectivity index (χ1n) is 11.8. The Labute approximate surface area is 202 Å². The van der Waals surface area contributed by atoms with Gasteiger partial charge in [-0.05, 0) is 72.4 Å². The molecule has 0 spiro atoms. The summed E-state index contributed by atoms with van der Waals surface area (Å²) >= 11 is 0. The number of nitrogens with one attached hydrogen (secondary N) is 1. The molecule has 1 saturated heterocycles. The van der Waals surface area contributed by atoms with Gasteiger partial charge in [-0.3, -0.25) is 4.79 Å². The van der Waals surface area contributed by atoms with E-state index in [1.165, 1.54) is 4.31 Å². The van der Waals surface area contributed by atoms with E-state index >= 15 is 0 Å². The molecule has 3 aromatic rings. The summed E-state index contributed by atoms with van der Waals surface area (Å²) in [5, 5.41) is 0.890. The molecule has 0 aliphatic carbocycles. The Balaban J connectivity index is 1.72. The van der Waals surface area contributed by atoms with Gasteiger partial charge in [0, 0.05) is 25.3 Å². The van der Waals surface area contributed by atoms with Crippen molar-refractivity contribution in [1.82, 2.24) is 9.29 Å². The zero-order valence-electron chi connectivity index (χ0n) is 20.6. The number of fused-ring (bicyclic) bond motifs is 1. The standard InChI is InChI=1S/C27H34N2O4S/c1-18-8-9-20-15-21(26(30)28-25(20)19(18)2)16-29(17-23-7-6-14-33-23)34(31,32)24-12-10-22(11-13-24)27(3,4)5/h8-13,15,23H,6-7,14,16-17H2,1-5H3,(H,28,30)/t23-/m1/s1. The third-order valence-electron chi connectivity index (χ3n) is 6.76. The van der Waals surface area contributed by atoms with Gasteiger partial charge in [-0.25, -0.2) is 8.42 Å². The molecule has 1 aromatic heterocycles. The van der Waals surface area contributed by atoms with Gasteiger partial charge >= 0.3 is 0 Å². The van der Waals surface area contributed by atoms with Crippen molar-refractivity contribution in [3.05, 3.63) is 75.1 Å². The zero-order chi connectivity index (χ0) is 24.7. The third-order valence-corrected chi connectivity index (χ3v) is 8.59. The fourth-order valence-electron chi connectivity index (χ4n) is 4.42. The van der Waals surface area contributed by atoms with E-state index in [0.29, 0.717) is 12.2 Å². The van der Waals surface area contributed by atoms with E-state index in [1.54, 1.807) is 18.2 Å². The molecule has 2 aromatic carbocycles. The smallest absolute Gasteiger partial charge is 0.252 e. The van der Waals surface area contributed by atoms with Crippen LogP contribution in [0.25, 0.3) is 10.9 Å². The number of pyridine rings is 1. The minimum Gasteiger partial charge on any atom is -0.377 e. The number of aromatic amines is 1. The molecule has 6 nitrogen and oxygen atoms in total. The van der Waals surface area contributed by atoms with Gasteiger partial charge in [0.2, 0.25) is 10.0 Å². The Kier molecular flexibility index (Phi) is 6.73. The fraction of sp³-hybridized carbons (Fsp3) is 0.444. The number of aryl methyl sites for hydroxylation is 2. The van der Waals surface area contributed by atoms with Crippen molar-refractivity contribution >= 4 is 20.9 Å². The minimum absolute atomic E-state index is 0.0125. The average molecular weight is 483 g/mol. The lowest BCUT2D eigenvalue weighted by Crippen LogP contribution is -2.38. The molecule has 0 amide bonds. The first-order chi connectivity index (χ1) is 16.0. The van der Waals surface area contributed by atoms with E-state index in [-0.39, 0.29) is 35.1 Å². The van der Waals surface area contributed by atoms with E-state index in [9.17, 15) is 13.2 Å². The van der Waals surface area contributed by atoms with Crippen LogP contribution in [0.4, 0.5) is 0 Å². The lowest BCUT2D eigenvalue weighted by atomic mass is 9.87. The van der Waals surface area contributed by atoms with Gasteiger partial charge in [0.15, 0.2) is 0 Å². The molecule has 1 atom stereocenters. The van der Waals surface area contributed by atoms with Gasteiger partial charge in [-0.1, -0.05) is 45.0 Å². The number of sulfonamides is 1. The summed E-state index contributed by atoms with van der Waals surface area (Å²) in [7, 11) is -3.83. The van der Waals surface area contributed by atoms with Gasteiger partial charge in [0.05, 0.1) is 16.5 Å². The highest BCUT2D eigenvalue weighted by Gasteiger charge is 2.30. The van der Waals surface area contributed by atoms with Crippen LogP contribution in [-0.4, -0.2) is 37.0 Å². The normalized spacial score (nSPS) is 17.1. The van der Waals surface area contributed by atoms with Crippen molar-refractivity contribution in [2.75, 3.05) is 13.2 Å². The van der Waals surface area contributed by atoms with Crippen LogP contribution >= 0.6 is 0 Å². The Morgan fingerprint density at radius 3 is 2.41 bits per heavy atom. The Morgan fingerprint density at radius 2 is 1.79 bits per heavy atom. The summed E-state index contributed by atoms with van der Waals surface area (Å²) < 4.78 is 34.6. The van der Waals surface area contributed by atoms with Crippen molar-refractivity contribution in [3.63, 3.8) is 0 Å². The quantitative estimate of drug-likeness (QED) is 0.547. The van der Waals surface area contributed by atoms with Crippen molar-refractivity contribution in [1.29, 1.82) is 0 Å². The van der Waals surface area contributed by atoms with E-state index in [2.05, 4.69) is 25.8 Å². The number of hydrogen-bond donors (Lipinski definition) is 1. The summed E-state index contributed by atoms with van der Waals surface area (Å²) in [6, 6.07) is 12.8. The van der Waals surface area contributed by atoms with Gasteiger partial charge in [0.25, 0.3) is 5.56 Å². The molecule has 34 heavy (non-hydrogen) atoms. The maximum Gasteiger partial charge on any atom is 0.252 e. The molecule has 4 rings (SSSR count). The highest BCUT2D eigenvalue weighted by Crippen LogP contribution is 2.27. The van der Waals surface area contributed by atoms with Crippen LogP contribution in [0.15, 0.2) is 52.2 Å². The lowest BCUT2D eigenvalue weighted by molar-refractivity contribution is 0.0925. The minimum atomic E-state index is -3.83. The molecular formula is C27H34N2O4S. The number of nitrogens with zero attached hydrogens (tertiary/aromatic N) is 1. The second kappa shape index (κ2) is 9.29. The topological polar surface area (TPSA) is 79.5 Å². The number of H-pyrrole nitrogens is 1. The Bertz CT molecular complexity index is 1350. The SMILES string of the molecule is Cc1ccc2cc(CN(C[C@H]3CCCO3)S(=O)(=O)c3ccc(C(C)(C)C)cc3)c(=O)[nH]c2c1C. The van der Waals surface area contributed by atoms with Crippen LogP contribution in [0.2, 0.25) is 0 Å². The second-order valence-corrected chi connectivity index (χ2v) is 12.2. The first-order valence-corrected chi connectivity index (χ1v) is 13.3. The average Bonchev–Trinajstić information content (AvgIpc) is 3.30. The Morgan fingerprint density at radius 1 is 1.09 bits per heavy atom.